The highest BCUT2D eigenvalue weighted by Gasteiger charge is 2.04. The summed E-state index contributed by atoms with van der Waals surface area (Å²) in [7, 11) is 1.84. The molecule has 0 aliphatic rings. The standard InChI is InChI=1S/C14H14FNO/c1-10-3-8-13(15)14(9-10)17-12-6-4-11(16-2)5-7-12/h3-9,16H,1-2H3. The van der Waals surface area contributed by atoms with Gasteiger partial charge in [-0.2, -0.15) is 0 Å². The minimum Gasteiger partial charge on any atom is -0.454 e. The predicted octanol–water partition coefficient (Wildman–Crippen LogP) is 3.97. The fourth-order valence-electron chi connectivity index (χ4n) is 1.51. The Morgan fingerprint density at radius 1 is 1.06 bits per heavy atom. The monoisotopic (exact) mass is 231 g/mol. The van der Waals surface area contributed by atoms with E-state index in [1.165, 1.54) is 6.07 Å². The minimum absolute atomic E-state index is 0.252. The number of rotatable bonds is 3. The molecule has 0 radical (unpaired) electrons. The van der Waals surface area contributed by atoms with Crippen LogP contribution in [-0.2, 0) is 0 Å². The van der Waals surface area contributed by atoms with Gasteiger partial charge in [0.05, 0.1) is 0 Å². The first kappa shape index (κ1) is 11.5. The molecule has 17 heavy (non-hydrogen) atoms. The van der Waals surface area contributed by atoms with E-state index in [1.54, 1.807) is 24.3 Å². The first-order valence-corrected chi connectivity index (χ1v) is 5.41. The molecule has 0 amide bonds. The second kappa shape index (κ2) is 4.87. The molecule has 3 heteroatoms. The molecule has 2 aromatic rings. The Balaban J connectivity index is 2.22. The van der Waals surface area contributed by atoms with Gasteiger partial charge < -0.3 is 10.1 Å². The van der Waals surface area contributed by atoms with E-state index in [0.29, 0.717) is 5.75 Å². The van der Waals surface area contributed by atoms with Gasteiger partial charge >= 0.3 is 0 Å². The van der Waals surface area contributed by atoms with Crippen molar-refractivity contribution in [1.29, 1.82) is 0 Å². The van der Waals surface area contributed by atoms with Crippen LogP contribution in [0.15, 0.2) is 42.5 Å². The molecule has 1 N–H and O–H groups in total. The topological polar surface area (TPSA) is 21.3 Å². The Morgan fingerprint density at radius 3 is 2.41 bits per heavy atom. The van der Waals surface area contributed by atoms with E-state index in [2.05, 4.69) is 5.32 Å². The highest BCUT2D eigenvalue weighted by molar-refractivity contribution is 5.46. The lowest BCUT2D eigenvalue weighted by Gasteiger charge is -2.08. The largest absolute Gasteiger partial charge is 0.454 e. The molecule has 0 saturated heterocycles. The minimum atomic E-state index is -0.353. The van der Waals surface area contributed by atoms with Crippen molar-refractivity contribution in [3.63, 3.8) is 0 Å². The van der Waals surface area contributed by atoms with E-state index < -0.39 is 0 Å². The van der Waals surface area contributed by atoms with Gasteiger partial charge in [0.2, 0.25) is 0 Å². The number of anilines is 1. The lowest BCUT2D eigenvalue weighted by Crippen LogP contribution is -1.90. The Bertz CT molecular complexity index is 508. The summed E-state index contributed by atoms with van der Waals surface area (Å²) < 4.78 is 19.0. The fraction of sp³-hybridized carbons (Fsp3) is 0.143. The molecule has 2 nitrogen and oxygen atoms in total. The van der Waals surface area contributed by atoms with E-state index in [1.807, 2.05) is 26.1 Å². The van der Waals surface area contributed by atoms with Crippen LogP contribution in [0.1, 0.15) is 5.56 Å². The van der Waals surface area contributed by atoms with E-state index >= 15 is 0 Å². The molecule has 0 heterocycles. The molecule has 0 fully saturated rings. The second-order valence-corrected chi connectivity index (χ2v) is 3.81. The maximum Gasteiger partial charge on any atom is 0.165 e. The van der Waals surface area contributed by atoms with Gasteiger partial charge in [-0.1, -0.05) is 6.07 Å². The van der Waals surface area contributed by atoms with Crippen molar-refractivity contribution in [3.05, 3.63) is 53.8 Å². The van der Waals surface area contributed by atoms with Crippen molar-refractivity contribution in [2.75, 3.05) is 12.4 Å². The van der Waals surface area contributed by atoms with Gasteiger partial charge in [-0.25, -0.2) is 4.39 Å². The molecule has 0 saturated carbocycles. The van der Waals surface area contributed by atoms with Gasteiger partial charge in [0.15, 0.2) is 11.6 Å². The van der Waals surface area contributed by atoms with Crippen molar-refractivity contribution in [1.82, 2.24) is 0 Å². The van der Waals surface area contributed by atoms with Crippen LogP contribution < -0.4 is 10.1 Å². The SMILES string of the molecule is CNc1ccc(Oc2cc(C)ccc2F)cc1. The quantitative estimate of drug-likeness (QED) is 0.863. The van der Waals surface area contributed by atoms with Gasteiger partial charge in [-0.3, -0.25) is 0 Å². The summed E-state index contributed by atoms with van der Waals surface area (Å²) in [6.07, 6.45) is 0. The van der Waals surface area contributed by atoms with Crippen LogP contribution in [0.5, 0.6) is 11.5 Å². The zero-order valence-electron chi connectivity index (χ0n) is 9.83. The van der Waals surface area contributed by atoms with Crippen LogP contribution in [0.2, 0.25) is 0 Å². The van der Waals surface area contributed by atoms with Gasteiger partial charge in [-0.15, -0.1) is 0 Å². The molecule has 0 unspecified atom stereocenters. The number of hydrogen-bond donors (Lipinski definition) is 1. The molecule has 0 spiro atoms. The van der Waals surface area contributed by atoms with Gasteiger partial charge in [0.1, 0.15) is 5.75 Å². The highest BCUT2D eigenvalue weighted by Crippen LogP contribution is 2.26. The molecule has 88 valence electrons. The average molecular weight is 231 g/mol. The van der Waals surface area contributed by atoms with E-state index in [-0.39, 0.29) is 11.6 Å². The van der Waals surface area contributed by atoms with Crippen molar-refractivity contribution >= 4 is 5.69 Å². The third-order valence-electron chi connectivity index (χ3n) is 2.46. The van der Waals surface area contributed by atoms with Crippen LogP contribution >= 0.6 is 0 Å². The summed E-state index contributed by atoms with van der Waals surface area (Å²) >= 11 is 0. The molecular weight excluding hydrogens is 217 g/mol. The van der Waals surface area contributed by atoms with Crippen LogP contribution in [0.4, 0.5) is 10.1 Å². The molecule has 0 atom stereocenters. The van der Waals surface area contributed by atoms with Crippen LogP contribution in [-0.4, -0.2) is 7.05 Å². The van der Waals surface area contributed by atoms with Crippen LogP contribution in [0.25, 0.3) is 0 Å². The highest BCUT2D eigenvalue weighted by atomic mass is 19.1. The van der Waals surface area contributed by atoms with Crippen molar-refractivity contribution in [2.24, 2.45) is 0 Å². The summed E-state index contributed by atoms with van der Waals surface area (Å²) in [4.78, 5) is 0. The van der Waals surface area contributed by atoms with Crippen LogP contribution in [0.3, 0.4) is 0 Å². The smallest absolute Gasteiger partial charge is 0.165 e. The molecule has 2 aromatic carbocycles. The average Bonchev–Trinajstić information content (AvgIpc) is 2.35. The lowest BCUT2D eigenvalue weighted by atomic mass is 10.2. The third-order valence-corrected chi connectivity index (χ3v) is 2.46. The zero-order chi connectivity index (χ0) is 12.3. The summed E-state index contributed by atoms with van der Waals surface area (Å²) in [6, 6.07) is 12.2. The summed E-state index contributed by atoms with van der Waals surface area (Å²) in [5.74, 6) is 0.518. The molecule has 0 aliphatic carbocycles. The Kier molecular flexibility index (Phi) is 3.28. The number of aryl methyl sites for hydroxylation is 1. The van der Waals surface area contributed by atoms with E-state index in [9.17, 15) is 4.39 Å². The lowest BCUT2D eigenvalue weighted by molar-refractivity contribution is 0.442. The maximum atomic E-state index is 13.5. The van der Waals surface area contributed by atoms with Crippen molar-refractivity contribution in [3.8, 4) is 11.5 Å². The number of halogens is 1. The van der Waals surface area contributed by atoms with Crippen molar-refractivity contribution < 1.29 is 9.13 Å². The van der Waals surface area contributed by atoms with Gasteiger partial charge in [-0.05, 0) is 48.9 Å². The predicted molar refractivity (Wildman–Crippen MR) is 67.2 cm³/mol. The fourth-order valence-corrected chi connectivity index (χ4v) is 1.51. The Hall–Kier alpha value is -2.03. The van der Waals surface area contributed by atoms with E-state index in [4.69, 9.17) is 4.74 Å². The second-order valence-electron chi connectivity index (χ2n) is 3.81. The molecule has 2 rings (SSSR count). The maximum absolute atomic E-state index is 13.5. The number of nitrogens with one attached hydrogen (secondary N) is 1. The van der Waals surface area contributed by atoms with Gasteiger partial charge in [0, 0.05) is 12.7 Å². The third kappa shape index (κ3) is 2.75. The Morgan fingerprint density at radius 2 is 1.76 bits per heavy atom. The number of hydrogen-bond acceptors (Lipinski definition) is 2. The normalized spacial score (nSPS) is 10.1. The summed E-state index contributed by atoms with van der Waals surface area (Å²) in [6.45, 7) is 1.90. The molecule has 0 aromatic heterocycles. The van der Waals surface area contributed by atoms with Crippen molar-refractivity contribution in [2.45, 2.75) is 6.92 Å². The zero-order valence-corrected chi connectivity index (χ0v) is 9.83. The number of ether oxygens (including phenoxy) is 1. The molecular formula is C14H14FNO. The molecule has 0 bridgehead atoms. The van der Waals surface area contributed by atoms with Crippen LogP contribution in [0, 0.1) is 12.7 Å². The Labute approximate surface area is 100 Å². The summed E-state index contributed by atoms with van der Waals surface area (Å²) in [5.41, 5.74) is 1.95. The molecule has 0 aliphatic heterocycles. The first-order chi connectivity index (χ1) is 8.19. The number of benzene rings is 2. The van der Waals surface area contributed by atoms with Gasteiger partial charge in [0.25, 0.3) is 0 Å². The van der Waals surface area contributed by atoms with E-state index in [0.717, 1.165) is 11.3 Å². The first-order valence-electron chi connectivity index (χ1n) is 5.41. The summed E-state index contributed by atoms with van der Waals surface area (Å²) in [5, 5.41) is 3.01.